The van der Waals surface area contributed by atoms with Crippen molar-refractivity contribution in [1.29, 1.82) is 0 Å². The molecule has 84 heavy (non-hydrogen) atoms. The average Bonchev–Trinajstić information content (AvgIpc) is 3.84. The maximum absolute atomic E-state index is 12.7. The molecule has 444 valence electrons. The number of pyridine rings is 2. The Labute approximate surface area is 515 Å². The van der Waals surface area contributed by atoms with Gasteiger partial charge in [-0.1, -0.05) is 82.8 Å². The minimum atomic E-state index is -0.438. The molecule has 0 atom stereocenters. The molecule has 5 fully saturated rings. The van der Waals surface area contributed by atoms with Crippen LogP contribution in [0.5, 0.6) is 11.5 Å². The lowest BCUT2D eigenvalue weighted by Crippen LogP contribution is -2.47. The molecule has 11 rings (SSSR count). The van der Waals surface area contributed by atoms with Crippen molar-refractivity contribution in [3.8, 4) is 33.8 Å². The number of unbranched alkanes of at least 4 members (excludes halogenated alkanes) is 2. The van der Waals surface area contributed by atoms with Crippen molar-refractivity contribution < 1.29 is 28.5 Å². The van der Waals surface area contributed by atoms with Crippen LogP contribution < -0.4 is 20.1 Å². The van der Waals surface area contributed by atoms with Crippen LogP contribution in [0, 0.1) is 0 Å². The minimum absolute atomic E-state index is 0.0864. The van der Waals surface area contributed by atoms with E-state index in [0.717, 1.165) is 209 Å². The molecule has 1 aliphatic heterocycles. The van der Waals surface area contributed by atoms with Gasteiger partial charge in [0.15, 0.2) is 0 Å². The van der Waals surface area contributed by atoms with Gasteiger partial charge in [0.25, 0.3) is 0 Å². The summed E-state index contributed by atoms with van der Waals surface area (Å²) in [5, 5.41) is 8.85. The van der Waals surface area contributed by atoms with Gasteiger partial charge in [-0.25, -0.2) is 0 Å². The SMILES string of the molecule is O=C(CCCCc1cc(Cl)c(COC2(c3cnccc3-c3ccccc3OC3CC3)CC2)cc1Cl)NCCCN1CCN(CCCNC(=O)CCCCc2cc(Cl)c(COC3(c4cnccc4-c4ccccc4OC4CC4)CC3)cc2Cl)CC1. The predicted molar refractivity (Wildman–Crippen MR) is 334 cm³/mol. The zero-order chi connectivity index (χ0) is 57.9. The van der Waals surface area contributed by atoms with Crippen LogP contribution in [0.1, 0.15) is 136 Å². The van der Waals surface area contributed by atoms with Crippen molar-refractivity contribution in [2.45, 2.75) is 152 Å². The minimum Gasteiger partial charge on any atom is -0.490 e. The second-order valence-electron chi connectivity index (χ2n) is 23.6. The number of amides is 2. The zero-order valence-electron chi connectivity index (χ0n) is 48.1. The number of benzene rings is 4. The van der Waals surface area contributed by atoms with E-state index in [1.165, 1.54) is 0 Å². The van der Waals surface area contributed by atoms with E-state index < -0.39 is 11.2 Å². The number of para-hydroxylation sites is 2. The molecule has 3 heterocycles. The van der Waals surface area contributed by atoms with Gasteiger partial charge in [0.2, 0.25) is 11.8 Å². The van der Waals surface area contributed by atoms with Gasteiger partial charge in [0.05, 0.1) is 36.6 Å². The van der Waals surface area contributed by atoms with Gasteiger partial charge >= 0.3 is 0 Å². The number of hydrogen-bond donors (Lipinski definition) is 2. The first kappa shape index (κ1) is 60.4. The van der Waals surface area contributed by atoms with Crippen molar-refractivity contribution in [3.05, 3.63) is 163 Å². The number of nitrogens with one attached hydrogen (secondary N) is 2. The Bertz CT molecular complexity index is 3020. The van der Waals surface area contributed by atoms with Crippen molar-refractivity contribution >= 4 is 58.2 Å². The highest BCUT2D eigenvalue weighted by Crippen LogP contribution is 2.55. The Balaban J connectivity index is 0.513. The summed E-state index contributed by atoms with van der Waals surface area (Å²) in [5.41, 5.74) is 9.23. The molecule has 0 spiro atoms. The molecular formula is C68H78Cl4N6O6. The quantitative estimate of drug-likeness (QED) is 0.0394. The molecule has 4 aliphatic carbocycles. The van der Waals surface area contributed by atoms with Gasteiger partial charge in [-0.05, 0) is 198 Å². The summed E-state index contributed by atoms with van der Waals surface area (Å²) in [5.74, 6) is 1.97. The molecule has 0 radical (unpaired) electrons. The lowest BCUT2D eigenvalue weighted by atomic mass is 9.96. The van der Waals surface area contributed by atoms with E-state index in [0.29, 0.717) is 71.4 Å². The second-order valence-corrected chi connectivity index (χ2v) is 25.2. The predicted octanol–water partition coefficient (Wildman–Crippen LogP) is 14.7. The molecule has 2 aromatic heterocycles. The number of carbonyl (C=O) groups is 2. The number of aromatic nitrogens is 2. The van der Waals surface area contributed by atoms with E-state index in [-0.39, 0.29) is 11.8 Å². The Morgan fingerprint density at radius 2 is 0.893 bits per heavy atom. The van der Waals surface area contributed by atoms with Gasteiger partial charge in [-0.3, -0.25) is 19.6 Å². The van der Waals surface area contributed by atoms with Gasteiger partial charge in [0, 0.05) is 119 Å². The standard InChI is InChI=1S/C68H78Cl4N6O6/c69-59-41-49(45-81-67(25-26-67)57-43-73-31-23-53(57)55-13-3-5-15-63(55)83-51-19-20-51)61(71)39-47(59)11-1-7-17-65(79)75-29-9-33-77-35-37-78(38-36-77)34-10-30-76-66(80)18-8-2-12-48-40-62(72)50(42-60(48)70)46-82-68(27-28-68)58-44-74-32-24-54(58)56-14-4-6-16-64(56)84-52-21-22-52/h3-6,13-16,23-24,31-32,39-44,51-52H,1-2,7-12,17-22,25-30,33-38,45-46H2,(H,75,79)(H,76,80). The highest BCUT2D eigenvalue weighted by molar-refractivity contribution is 6.34. The van der Waals surface area contributed by atoms with Gasteiger partial charge in [0.1, 0.15) is 11.5 Å². The number of nitrogens with zero attached hydrogens (tertiary/aromatic N) is 4. The first-order valence-electron chi connectivity index (χ1n) is 30.6. The summed E-state index contributed by atoms with van der Waals surface area (Å²) in [7, 11) is 0. The fraction of sp³-hybridized carbons (Fsp3) is 0.471. The normalized spacial score (nSPS) is 17.2. The molecular weight excluding hydrogens is 1140 g/mol. The van der Waals surface area contributed by atoms with E-state index >= 15 is 0 Å². The second kappa shape index (κ2) is 28.5. The first-order chi connectivity index (χ1) is 41.0. The third-order valence-corrected chi connectivity index (χ3v) is 18.5. The van der Waals surface area contributed by atoms with Crippen LogP contribution in [0.15, 0.2) is 110 Å². The number of carbonyl (C=O) groups excluding carboxylic acids is 2. The van der Waals surface area contributed by atoms with Crippen molar-refractivity contribution in [2.24, 2.45) is 0 Å². The first-order valence-corrected chi connectivity index (χ1v) is 32.1. The molecule has 6 aromatic rings. The molecule has 5 aliphatic rings. The summed E-state index contributed by atoms with van der Waals surface area (Å²) >= 11 is 27.3. The number of hydrogen-bond acceptors (Lipinski definition) is 10. The topological polar surface area (TPSA) is 127 Å². The molecule has 2 N–H and O–H groups in total. The third kappa shape index (κ3) is 16.2. The lowest BCUT2D eigenvalue weighted by Gasteiger charge is -2.34. The molecule has 0 bridgehead atoms. The summed E-state index contributed by atoms with van der Waals surface area (Å²) in [6.45, 7) is 7.96. The smallest absolute Gasteiger partial charge is 0.219 e. The zero-order valence-corrected chi connectivity index (χ0v) is 51.1. The maximum atomic E-state index is 12.7. The molecule has 4 aromatic carbocycles. The van der Waals surface area contributed by atoms with Crippen LogP contribution in [-0.2, 0) is 56.3 Å². The van der Waals surface area contributed by atoms with Gasteiger partial charge in [-0.15, -0.1) is 0 Å². The van der Waals surface area contributed by atoms with Crippen LogP contribution >= 0.6 is 46.4 Å². The van der Waals surface area contributed by atoms with Crippen LogP contribution in [0.4, 0.5) is 0 Å². The molecule has 1 saturated heterocycles. The largest absolute Gasteiger partial charge is 0.490 e. The number of ether oxygens (including phenoxy) is 4. The molecule has 0 unspecified atom stereocenters. The summed E-state index contributed by atoms with van der Waals surface area (Å²) in [4.78, 5) is 39.4. The number of rotatable bonds is 32. The van der Waals surface area contributed by atoms with Crippen molar-refractivity contribution in [1.82, 2.24) is 30.4 Å². The van der Waals surface area contributed by atoms with E-state index in [2.05, 4.69) is 54.7 Å². The summed E-state index contributed by atoms with van der Waals surface area (Å²) in [6.07, 6.45) is 23.6. The monoisotopic (exact) mass is 1210 g/mol. The molecule has 16 heteroatoms. The van der Waals surface area contributed by atoms with E-state index in [9.17, 15) is 9.59 Å². The summed E-state index contributed by atoms with van der Waals surface area (Å²) in [6, 6.07) is 28.3. The van der Waals surface area contributed by atoms with E-state index in [4.69, 9.17) is 65.4 Å². The molecule has 12 nitrogen and oxygen atoms in total. The lowest BCUT2D eigenvalue weighted by molar-refractivity contribution is -0.122. The Kier molecular flexibility index (Phi) is 20.5. The highest BCUT2D eigenvalue weighted by atomic mass is 35.5. The fourth-order valence-corrected chi connectivity index (χ4v) is 12.5. The number of halogens is 4. The Morgan fingerprint density at radius 3 is 1.30 bits per heavy atom. The third-order valence-electron chi connectivity index (χ3n) is 17.1. The van der Waals surface area contributed by atoms with Crippen LogP contribution in [0.2, 0.25) is 20.1 Å². The number of piperazine rings is 1. The van der Waals surface area contributed by atoms with Crippen LogP contribution in [-0.4, -0.2) is 96.1 Å². The van der Waals surface area contributed by atoms with Crippen LogP contribution in [0.3, 0.4) is 0 Å². The fourth-order valence-electron chi connectivity index (χ4n) is 11.5. The van der Waals surface area contributed by atoms with Crippen molar-refractivity contribution in [3.63, 3.8) is 0 Å². The van der Waals surface area contributed by atoms with E-state index in [1.807, 2.05) is 85.5 Å². The maximum Gasteiger partial charge on any atom is 0.219 e. The summed E-state index contributed by atoms with van der Waals surface area (Å²) < 4.78 is 25.9. The van der Waals surface area contributed by atoms with Crippen LogP contribution in [0.25, 0.3) is 22.3 Å². The Hall–Kier alpha value is -5.28. The van der Waals surface area contributed by atoms with Gasteiger partial charge in [-0.2, -0.15) is 0 Å². The van der Waals surface area contributed by atoms with Crippen molar-refractivity contribution in [2.75, 3.05) is 52.4 Å². The molecule has 2 amide bonds. The average molecular weight is 1220 g/mol. The van der Waals surface area contributed by atoms with Gasteiger partial charge < -0.3 is 39.4 Å². The highest BCUT2D eigenvalue weighted by Gasteiger charge is 2.49. The Morgan fingerprint density at radius 1 is 0.500 bits per heavy atom. The van der Waals surface area contributed by atoms with E-state index in [1.54, 1.807) is 0 Å². The molecule has 4 saturated carbocycles. The number of aryl methyl sites for hydroxylation is 2.